The molecule has 5 nitrogen and oxygen atoms in total. The van der Waals surface area contributed by atoms with Gasteiger partial charge in [-0.05, 0) is 19.3 Å². The summed E-state index contributed by atoms with van der Waals surface area (Å²) < 4.78 is 4.60. The molecule has 0 saturated carbocycles. The number of aliphatic imine (C=N–C) groups is 1. The Labute approximate surface area is 152 Å². The minimum absolute atomic E-state index is 0. The second-order valence-corrected chi connectivity index (χ2v) is 5.35. The molecule has 0 aliphatic carbocycles. The second kappa shape index (κ2) is 18.5. The molecule has 0 aromatic carbocycles. The van der Waals surface area contributed by atoms with Gasteiger partial charge < -0.3 is 15.8 Å². The summed E-state index contributed by atoms with van der Waals surface area (Å²) in [6.07, 6.45) is 10.8. The number of methoxy groups -OCH3 is 1. The quantitative estimate of drug-likeness (QED) is 0.155. The fourth-order valence-corrected chi connectivity index (χ4v) is 2.04. The third-order valence-electron chi connectivity index (χ3n) is 3.39. The number of carbonyl (C=O) groups excluding carboxylic acids is 1. The number of ether oxygens (including phenoxy) is 1. The molecule has 0 aromatic heterocycles. The monoisotopic (exact) mass is 427 g/mol. The Morgan fingerprint density at radius 2 is 1.68 bits per heavy atom. The third-order valence-corrected chi connectivity index (χ3v) is 3.39. The number of guanidine groups is 1. The number of carbonyl (C=O) groups is 1. The molecule has 0 radical (unpaired) electrons. The highest BCUT2D eigenvalue weighted by Gasteiger charge is 1.99. The van der Waals surface area contributed by atoms with Crippen LogP contribution in [-0.2, 0) is 9.53 Å². The number of hydrogen-bond acceptors (Lipinski definition) is 3. The SMILES string of the molecule is CCCCCCNC(N)=NCCCCCCCC(=O)OC.I. The van der Waals surface area contributed by atoms with E-state index in [9.17, 15) is 4.79 Å². The Morgan fingerprint density at radius 3 is 2.36 bits per heavy atom. The van der Waals surface area contributed by atoms with Gasteiger partial charge in [0.1, 0.15) is 0 Å². The molecule has 0 aromatic rings. The van der Waals surface area contributed by atoms with Crippen molar-refractivity contribution in [3.8, 4) is 0 Å². The van der Waals surface area contributed by atoms with Gasteiger partial charge in [-0.15, -0.1) is 24.0 Å². The van der Waals surface area contributed by atoms with Gasteiger partial charge in [0, 0.05) is 19.5 Å². The van der Waals surface area contributed by atoms with Gasteiger partial charge in [0.2, 0.25) is 0 Å². The molecule has 132 valence electrons. The number of nitrogens with two attached hydrogens (primary N) is 1. The molecular weight excluding hydrogens is 393 g/mol. The number of unbranched alkanes of at least 4 members (excludes halogenated alkanes) is 7. The summed E-state index contributed by atoms with van der Waals surface area (Å²) in [5.74, 6) is 0.453. The first-order valence-corrected chi connectivity index (χ1v) is 8.31. The van der Waals surface area contributed by atoms with Crippen LogP contribution >= 0.6 is 24.0 Å². The fraction of sp³-hybridized carbons (Fsp3) is 0.875. The van der Waals surface area contributed by atoms with E-state index < -0.39 is 0 Å². The maximum atomic E-state index is 10.9. The highest BCUT2D eigenvalue weighted by atomic mass is 127. The molecule has 0 fully saturated rings. The smallest absolute Gasteiger partial charge is 0.305 e. The normalized spacial score (nSPS) is 10.9. The molecule has 0 saturated heterocycles. The molecule has 0 aliphatic rings. The average Bonchev–Trinajstić information content (AvgIpc) is 2.49. The van der Waals surface area contributed by atoms with Crippen LogP contribution in [0.5, 0.6) is 0 Å². The van der Waals surface area contributed by atoms with E-state index in [1.807, 2.05) is 0 Å². The van der Waals surface area contributed by atoms with E-state index in [1.54, 1.807) is 0 Å². The van der Waals surface area contributed by atoms with Crippen LogP contribution in [0.1, 0.15) is 71.1 Å². The van der Waals surface area contributed by atoms with Gasteiger partial charge in [0.15, 0.2) is 5.96 Å². The summed E-state index contributed by atoms with van der Waals surface area (Å²) in [6, 6.07) is 0. The van der Waals surface area contributed by atoms with Crippen LogP contribution < -0.4 is 11.1 Å². The first-order valence-electron chi connectivity index (χ1n) is 8.31. The van der Waals surface area contributed by atoms with Crippen molar-refractivity contribution in [1.29, 1.82) is 0 Å². The van der Waals surface area contributed by atoms with E-state index in [1.165, 1.54) is 26.4 Å². The van der Waals surface area contributed by atoms with Gasteiger partial charge in [-0.25, -0.2) is 0 Å². The lowest BCUT2D eigenvalue weighted by Gasteiger charge is -2.05. The van der Waals surface area contributed by atoms with Crippen molar-refractivity contribution >= 4 is 35.9 Å². The third kappa shape index (κ3) is 17.5. The van der Waals surface area contributed by atoms with Crippen molar-refractivity contribution in [3.63, 3.8) is 0 Å². The highest BCUT2D eigenvalue weighted by molar-refractivity contribution is 14.0. The number of nitrogens with one attached hydrogen (secondary N) is 1. The van der Waals surface area contributed by atoms with Crippen molar-refractivity contribution in [2.75, 3.05) is 20.2 Å². The van der Waals surface area contributed by atoms with E-state index in [4.69, 9.17) is 5.73 Å². The second-order valence-electron chi connectivity index (χ2n) is 5.35. The lowest BCUT2D eigenvalue weighted by atomic mass is 10.1. The average molecular weight is 427 g/mol. The van der Waals surface area contributed by atoms with Gasteiger partial charge >= 0.3 is 5.97 Å². The Kier molecular flexibility index (Phi) is 20.0. The minimum Gasteiger partial charge on any atom is -0.469 e. The fourth-order valence-electron chi connectivity index (χ4n) is 2.04. The molecule has 0 atom stereocenters. The van der Waals surface area contributed by atoms with Gasteiger partial charge in [0.25, 0.3) is 0 Å². The molecule has 0 aliphatic heterocycles. The maximum absolute atomic E-state index is 10.9. The van der Waals surface area contributed by atoms with Gasteiger partial charge in [0.05, 0.1) is 7.11 Å². The molecule has 0 amide bonds. The summed E-state index contributed by atoms with van der Waals surface area (Å²) in [4.78, 5) is 15.2. The molecule has 0 bridgehead atoms. The lowest BCUT2D eigenvalue weighted by Crippen LogP contribution is -2.32. The van der Waals surface area contributed by atoms with E-state index in [0.717, 1.165) is 51.6 Å². The first-order chi connectivity index (χ1) is 10.2. The molecule has 0 unspecified atom stereocenters. The number of halogens is 1. The number of hydrogen-bond donors (Lipinski definition) is 2. The summed E-state index contributed by atoms with van der Waals surface area (Å²) in [7, 11) is 1.43. The van der Waals surface area contributed by atoms with Crippen LogP contribution in [0.4, 0.5) is 0 Å². The number of rotatable bonds is 13. The molecule has 0 rings (SSSR count). The van der Waals surface area contributed by atoms with E-state index in [-0.39, 0.29) is 29.9 Å². The van der Waals surface area contributed by atoms with Crippen molar-refractivity contribution in [2.45, 2.75) is 71.1 Å². The van der Waals surface area contributed by atoms with Crippen LogP contribution in [0.15, 0.2) is 4.99 Å². The van der Waals surface area contributed by atoms with Crippen LogP contribution in [0.2, 0.25) is 0 Å². The first kappa shape index (κ1) is 23.7. The summed E-state index contributed by atoms with van der Waals surface area (Å²) in [5, 5.41) is 3.15. The summed E-state index contributed by atoms with van der Waals surface area (Å²) in [6.45, 7) is 3.91. The lowest BCUT2D eigenvalue weighted by molar-refractivity contribution is -0.140. The molecule has 0 heterocycles. The summed E-state index contributed by atoms with van der Waals surface area (Å²) >= 11 is 0. The predicted molar refractivity (Wildman–Crippen MR) is 104 cm³/mol. The zero-order chi connectivity index (χ0) is 15.8. The van der Waals surface area contributed by atoms with Crippen molar-refractivity contribution in [2.24, 2.45) is 10.7 Å². The van der Waals surface area contributed by atoms with Gasteiger partial charge in [-0.2, -0.15) is 0 Å². The van der Waals surface area contributed by atoms with Crippen molar-refractivity contribution in [3.05, 3.63) is 0 Å². The van der Waals surface area contributed by atoms with Crippen molar-refractivity contribution in [1.82, 2.24) is 5.32 Å². The summed E-state index contributed by atoms with van der Waals surface area (Å²) in [5.41, 5.74) is 5.79. The Morgan fingerprint density at radius 1 is 1.05 bits per heavy atom. The van der Waals surface area contributed by atoms with Crippen LogP contribution in [0.25, 0.3) is 0 Å². The largest absolute Gasteiger partial charge is 0.469 e. The minimum atomic E-state index is -0.114. The standard InChI is InChI=1S/C16H33N3O2.HI/c1-3-4-5-10-13-18-16(17)19-14-11-8-6-7-9-12-15(20)21-2;/h3-14H2,1-2H3,(H3,17,18,19);1H. The van der Waals surface area contributed by atoms with Crippen LogP contribution in [-0.4, -0.2) is 32.1 Å². The van der Waals surface area contributed by atoms with Gasteiger partial charge in [-0.1, -0.05) is 45.4 Å². The Hall–Kier alpha value is -0.530. The predicted octanol–water partition coefficient (Wildman–Crippen LogP) is 3.60. The zero-order valence-corrected chi connectivity index (χ0v) is 16.6. The number of esters is 1. The molecule has 6 heteroatoms. The van der Waals surface area contributed by atoms with Crippen molar-refractivity contribution < 1.29 is 9.53 Å². The zero-order valence-electron chi connectivity index (χ0n) is 14.2. The highest BCUT2D eigenvalue weighted by Crippen LogP contribution is 2.06. The van der Waals surface area contributed by atoms with E-state index >= 15 is 0 Å². The topological polar surface area (TPSA) is 76.7 Å². The van der Waals surface area contributed by atoms with Crippen LogP contribution in [0.3, 0.4) is 0 Å². The Bertz CT molecular complexity index is 287. The number of nitrogens with zero attached hydrogens (tertiary/aromatic N) is 1. The van der Waals surface area contributed by atoms with Crippen LogP contribution in [0, 0.1) is 0 Å². The molecule has 0 spiro atoms. The Balaban J connectivity index is 0. The van der Waals surface area contributed by atoms with E-state index in [0.29, 0.717) is 12.4 Å². The molecular formula is C16H34IN3O2. The van der Waals surface area contributed by atoms with Gasteiger partial charge in [-0.3, -0.25) is 9.79 Å². The maximum Gasteiger partial charge on any atom is 0.305 e. The molecule has 3 N–H and O–H groups in total. The van der Waals surface area contributed by atoms with E-state index in [2.05, 4.69) is 22.0 Å². The molecule has 22 heavy (non-hydrogen) atoms.